The second-order valence-corrected chi connectivity index (χ2v) is 2.31. The first-order valence-corrected chi connectivity index (χ1v) is 2.98. The summed E-state index contributed by atoms with van der Waals surface area (Å²) in [6, 6.07) is 0. The summed E-state index contributed by atoms with van der Waals surface area (Å²) < 4.78 is 9.10. The van der Waals surface area contributed by atoms with Crippen LogP contribution in [0.2, 0.25) is 0 Å². The molecule has 0 rings (SSSR count). The van der Waals surface area contributed by atoms with Crippen molar-refractivity contribution in [3.8, 4) is 0 Å². The first-order chi connectivity index (χ1) is 2.00. The molecule has 0 N–H and O–H groups in total. The molecule has 0 aliphatic carbocycles. The molecular weight excluding hydrogens is 115 g/mol. The van der Waals surface area contributed by atoms with Gasteiger partial charge in [0.25, 0.3) is 0 Å². The Morgan fingerprint density at radius 2 is 1.50 bits per heavy atom. The predicted molar refractivity (Wildman–Crippen MR) is 19.3 cm³/mol. The first kappa shape index (κ1) is 10.0. The fourth-order valence-electron chi connectivity index (χ4n) is 0. The van der Waals surface area contributed by atoms with Gasteiger partial charge in [0, 0.05) is 0 Å². The van der Waals surface area contributed by atoms with Crippen LogP contribution < -0.4 is 9.79 Å². The second kappa shape index (κ2) is 2.99. The molecule has 0 aliphatic heterocycles. The molecule has 0 saturated carbocycles. The Balaban J connectivity index is 0. The fraction of sp³-hybridized carbons (Fsp3) is 1.00. The Bertz CT molecular complexity index is 56.9. The van der Waals surface area contributed by atoms with E-state index in [0.29, 0.717) is 6.66 Å². The van der Waals surface area contributed by atoms with Crippen molar-refractivity contribution in [2.24, 2.45) is 0 Å². The van der Waals surface area contributed by atoms with E-state index < -0.39 is 7.60 Å². The third kappa shape index (κ3) is 89.8. The van der Waals surface area contributed by atoms with Crippen molar-refractivity contribution in [1.29, 1.82) is 0 Å². The molecule has 0 spiro atoms. The summed E-state index contributed by atoms with van der Waals surface area (Å²) in [4.78, 5) is 18.2. The van der Waals surface area contributed by atoms with Crippen LogP contribution in [0.4, 0.5) is 0 Å². The zero-order valence-electron chi connectivity index (χ0n) is 3.38. The van der Waals surface area contributed by atoms with Gasteiger partial charge in [0.05, 0.1) is 0 Å². The molecule has 0 atom stereocenters. The Kier molecular flexibility index (Phi) is 4.99. The summed E-state index contributed by atoms with van der Waals surface area (Å²) in [7, 11) is -4.14. The van der Waals surface area contributed by atoms with E-state index in [1.807, 2.05) is 0 Å². The van der Waals surface area contributed by atoms with Crippen molar-refractivity contribution in [2.45, 2.75) is 0 Å². The van der Waals surface area contributed by atoms with Crippen molar-refractivity contribution in [1.82, 2.24) is 0 Å². The van der Waals surface area contributed by atoms with Crippen LogP contribution in [0.25, 0.3) is 0 Å². The average Bonchev–Trinajstić information content (AvgIpc) is 0.722. The first-order valence-electron chi connectivity index (χ1n) is 0.995. The Morgan fingerprint density at radius 3 is 1.50 bits per heavy atom. The quantitative estimate of drug-likeness (QED) is 0.277. The van der Waals surface area contributed by atoms with Crippen LogP contribution in [0.3, 0.4) is 0 Å². The van der Waals surface area contributed by atoms with Crippen LogP contribution in [0.1, 0.15) is 0 Å². The molecule has 3 nitrogen and oxygen atoms in total. The maximum Gasteiger partial charge on any atom is 2.00 e. The van der Waals surface area contributed by atoms with E-state index in [1.54, 1.807) is 0 Å². The molecule has 0 bridgehead atoms. The Labute approximate surface area is 52.1 Å². The molecule has 0 heterocycles. The Hall–Kier alpha value is 0.916. The maximum atomic E-state index is 9.10. The largest absolute Gasteiger partial charge is 2.00 e. The van der Waals surface area contributed by atoms with Crippen molar-refractivity contribution >= 4 is 30.6 Å². The summed E-state index contributed by atoms with van der Waals surface area (Å²) in [5.41, 5.74) is 0. The van der Waals surface area contributed by atoms with Crippen LogP contribution in [-0.4, -0.2) is 29.7 Å². The maximum absolute atomic E-state index is 9.10. The summed E-state index contributed by atoms with van der Waals surface area (Å²) >= 11 is 0. The van der Waals surface area contributed by atoms with Crippen LogP contribution in [0.5, 0.6) is 0 Å². The van der Waals surface area contributed by atoms with Gasteiger partial charge >= 0.3 is 23.1 Å². The SMILES string of the molecule is CP(=O)([O-])[O-].[Mg+2]. The van der Waals surface area contributed by atoms with Gasteiger partial charge in [-0.2, -0.15) is 0 Å². The molecule has 0 amide bonds. The van der Waals surface area contributed by atoms with Crippen LogP contribution in [0.15, 0.2) is 0 Å². The van der Waals surface area contributed by atoms with E-state index >= 15 is 0 Å². The number of hydrogen-bond acceptors (Lipinski definition) is 3. The van der Waals surface area contributed by atoms with Gasteiger partial charge in [-0.05, 0) is 6.66 Å². The summed E-state index contributed by atoms with van der Waals surface area (Å²) in [5.74, 6) is 0. The number of hydrogen-bond donors (Lipinski definition) is 0. The van der Waals surface area contributed by atoms with Gasteiger partial charge in [-0.25, -0.2) is 0 Å². The third-order valence-corrected chi connectivity index (χ3v) is 0. The topological polar surface area (TPSA) is 63.2 Å². The molecular formula is CH3MgO3P. The monoisotopic (exact) mass is 118 g/mol. The van der Waals surface area contributed by atoms with Crippen molar-refractivity contribution in [2.75, 3.05) is 6.66 Å². The Morgan fingerprint density at radius 1 is 1.50 bits per heavy atom. The summed E-state index contributed by atoms with van der Waals surface area (Å²) in [6.07, 6.45) is 0. The molecule has 0 radical (unpaired) electrons. The van der Waals surface area contributed by atoms with E-state index in [1.165, 1.54) is 0 Å². The van der Waals surface area contributed by atoms with Crippen LogP contribution in [-0.2, 0) is 4.57 Å². The second-order valence-electron chi connectivity index (χ2n) is 0.771. The molecule has 0 unspecified atom stereocenters. The van der Waals surface area contributed by atoms with E-state index in [0.717, 1.165) is 0 Å². The van der Waals surface area contributed by atoms with Gasteiger partial charge in [-0.3, -0.25) is 0 Å². The minimum atomic E-state index is -4.14. The van der Waals surface area contributed by atoms with E-state index in [-0.39, 0.29) is 23.1 Å². The summed E-state index contributed by atoms with van der Waals surface area (Å²) in [5, 5.41) is 0. The van der Waals surface area contributed by atoms with Gasteiger partial charge in [-0.15, -0.1) is 0 Å². The molecule has 32 valence electrons. The average molecular weight is 118 g/mol. The molecule has 5 heteroatoms. The standard InChI is InChI=1S/CH5O3P.Mg/c1-5(2,3)4;/h1H3,(H2,2,3,4);/q;+2/p-2. The van der Waals surface area contributed by atoms with Crippen molar-refractivity contribution in [3.05, 3.63) is 0 Å². The zero-order chi connectivity index (χ0) is 4.50. The predicted octanol–water partition coefficient (Wildman–Crippen LogP) is -1.85. The van der Waals surface area contributed by atoms with Gasteiger partial charge in [0.2, 0.25) is 0 Å². The molecule has 0 aromatic heterocycles. The van der Waals surface area contributed by atoms with Crippen molar-refractivity contribution < 1.29 is 14.4 Å². The molecule has 0 fully saturated rings. The van der Waals surface area contributed by atoms with Crippen LogP contribution >= 0.6 is 7.60 Å². The fourth-order valence-corrected chi connectivity index (χ4v) is 0. The van der Waals surface area contributed by atoms with E-state index in [9.17, 15) is 0 Å². The molecule has 0 aliphatic rings. The molecule has 0 saturated heterocycles. The van der Waals surface area contributed by atoms with Gasteiger partial charge in [-0.1, -0.05) is 7.60 Å². The number of rotatable bonds is 0. The van der Waals surface area contributed by atoms with Crippen LogP contribution in [0, 0.1) is 0 Å². The minimum absolute atomic E-state index is 0. The van der Waals surface area contributed by atoms with E-state index in [4.69, 9.17) is 14.4 Å². The van der Waals surface area contributed by atoms with Gasteiger partial charge in [0.1, 0.15) is 0 Å². The molecule has 0 aromatic carbocycles. The smallest absolute Gasteiger partial charge is 0.811 e. The molecule has 6 heavy (non-hydrogen) atoms. The third-order valence-electron chi connectivity index (χ3n) is 0. The zero-order valence-corrected chi connectivity index (χ0v) is 5.69. The van der Waals surface area contributed by atoms with Crippen molar-refractivity contribution in [3.63, 3.8) is 0 Å². The molecule has 0 aromatic rings. The van der Waals surface area contributed by atoms with Gasteiger partial charge in [0.15, 0.2) is 0 Å². The minimum Gasteiger partial charge on any atom is -0.811 e. The summed E-state index contributed by atoms with van der Waals surface area (Å²) in [6.45, 7) is 0.632. The normalized spacial score (nSPS) is 9.83. The van der Waals surface area contributed by atoms with E-state index in [2.05, 4.69) is 0 Å². The van der Waals surface area contributed by atoms with Gasteiger partial charge < -0.3 is 14.4 Å².